The summed E-state index contributed by atoms with van der Waals surface area (Å²) >= 11 is 0. The van der Waals surface area contributed by atoms with Crippen LogP contribution in [0, 0.1) is 0 Å². The monoisotopic (exact) mass is 235 g/mol. The molecule has 0 radical (unpaired) electrons. The molecule has 0 bridgehead atoms. The summed E-state index contributed by atoms with van der Waals surface area (Å²) in [5.41, 5.74) is 2.59. The third kappa shape index (κ3) is 2.83. The van der Waals surface area contributed by atoms with Crippen LogP contribution in [0.4, 0.5) is 18.9 Å². The summed E-state index contributed by atoms with van der Waals surface area (Å²) in [6, 6.07) is 0.548. The van der Waals surface area contributed by atoms with E-state index < -0.39 is 35.4 Å². The topological polar surface area (TPSA) is 88.0 Å². The van der Waals surface area contributed by atoms with E-state index >= 15 is 0 Å². The summed E-state index contributed by atoms with van der Waals surface area (Å²) in [5, 5.41) is 1.96. The number of rotatable bonds is 2. The van der Waals surface area contributed by atoms with Gasteiger partial charge in [-0.25, -0.2) is 0 Å². The van der Waals surface area contributed by atoms with Crippen molar-refractivity contribution in [3.05, 3.63) is 28.2 Å². The molecule has 0 unspecified atom stereocenters. The summed E-state index contributed by atoms with van der Waals surface area (Å²) in [6.45, 7) is -0.421. The van der Waals surface area contributed by atoms with E-state index in [1.54, 1.807) is 0 Å². The van der Waals surface area contributed by atoms with Crippen molar-refractivity contribution >= 4 is 11.6 Å². The lowest BCUT2D eigenvalue weighted by Crippen LogP contribution is -2.26. The Balaban J connectivity index is 3.09. The van der Waals surface area contributed by atoms with Gasteiger partial charge in [0, 0.05) is 6.20 Å². The number of carbonyl (C=O) groups is 1. The number of anilines is 1. The highest BCUT2D eigenvalue weighted by Gasteiger charge is 2.31. The van der Waals surface area contributed by atoms with Crippen molar-refractivity contribution in [3.63, 3.8) is 0 Å². The lowest BCUT2D eigenvalue weighted by molar-refractivity contribution is -0.137. The van der Waals surface area contributed by atoms with Crippen LogP contribution in [0.3, 0.4) is 0 Å². The van der Waals surface area contributed by atoms with E-state index in [4.69, 9.17) is 5.73 Å². The smallest absolute Gasteiger partial charge is 0.327 e. The molecule has 1 aromatic rings. The standard InChI is InChI=1S/C8H8F3N3O2/c9-8(10,11)4-1-5(7(16)13-3-4)14-6(15)2-12/h1,3H,2,12H2,(H,13,16)(H,14,15). The van der Waals surface area contributed by atoms with Gasteiger partial charge in [-0.05, 0) is 6.07 Å². The number of halogens is 3. The van der Waals surface area contributed by atoms with E-state index in [0.29, 0.717) is 12.3 Å². The van der Waals surface area contributed by atoms with Crippen LogP contribution in [0.15, 0.2) is 17.1 Å². The Labute approximate surface area is 87.5 Å². The van der Waals surface area contributed by atoms with Gasteiger partial charge >= 0.3 is 6.18 Å². The first-order chi connectivity index (χ1) is 7.34. The number of hydrogen-bond donors (Lipinski definition) is 3. The van der Waals surface area contributed by atoms with E-state index in [0.717, 1.165) is 0 Å². The zero-order chi connectivity index (χ0) is 12.3. The highest BCUT2D eigenvalue weighted by atomic mass is 19.4. The number of carbonyl (C=O) groups excluding carboxylic acids is 1. The van der Waals surface area contributed by atoms with Gasteiger partial charge in [-0.3, -0.25) is 9.59 Å². The number of H-pyrrole nitrogens is 1. The zero-order valence-corrected chi connectivity index (χ0v) is 7.89. The molecule has 0 saturated heterocycles. The first-order valence-electron chi connectivity index (χ1n) is 4.14. The fourth-order valence-corrected chi connectivity index (χ4v) is 0.942. The second-order valence-electron chi connectivity index (χ2n) is 2.88. The summed E-state index contributed by atoms with van der Waals surface area (Å²) in [7, 11) is 0. The first-order valence-corrected chi connectivity index (χ1v) is 4.14. The molecule has 0 aliphatic rings. The third-order valence-electron chi connectivity index (χ3n) is 1.69. The third-order valence-corrected chi connectivity index (χ3v) is 1.69. The van der Waals surface area contributed by atoms with Gasteiger partial charge in [-0.2, -0.15) is 13.2 Å². The average molecular weight is 235 g/mol. The van der Waals surface area contributed by atoms with Crippen molar-refractivity contribution in [1.82, 2.24) is 4.98 Å². The molecule has 8 heteroatoms. The van der Waals surface area contributed by atoms with Crippen LogP contribution in [-0.2, 0) is 11.0 Å². The van der Waals surface area contributed by atoms with Crippen molar-refractivity contribution in [2.75, 3.05) is 11.9 Å². The molecule has 0 aliphatic heterocycles. The average Bonchev–Trinajstić information content (AvgIpc) is 2.19. The Morgan fingerprint density at radius 2 is 2.12 bits per heavy atom. The second-order valence-corrected chi connectivity index (χ2v) is 2.88. The van der Waals surface area contributed by atoms with Gasteiger partial charge in [0.05, 0.1) is 12.1 Å². The van der Waals surface area contributed by atoms with Gasteiger partial charge in [0.2, 0.25) is 5.91 Å². The second kappa shape index (κ2) is 4.35. The van der Waals surface area contributed by atoms with Crippen LogP contribution in [0.25, 0.3) is 0 Å². The Kier molecular flexibility index (Phi) is 3.33. The lowest BCUT2D eigenvalue weighted by Gasteiger charge is -2.08. The number of hydrogen-bond acceptors (Lipinski definition) is 3. The molecule has 0 saturated carbocycles. The fourth-order valence-electron chi connectivity index (χ4n) is 0.942. The summed E-state index contributed by atoms with van der Waals surface area (Å²) in [4.78, 5) is 23.8. The van der Waals surface area contributed by atoms with Crippen LogP contribution in [-0.4, -0.2) is 17.4 Å². The van der Waals surface area contributed by atoms with E-state index in [1.165, 1.54) is 0 Å². The minimum atomic E-state index is -4.59. The Morgan fingerprint density at radius 3 is 2.62 bits per heavy atom. The molecular weight excluding hydrogens is 227 g/mol. The van der Waals surface area contributed by atoms with Gasteiger partial charge in [0.15, 0.2) is 0 Å². The molecule has 0 atom stereocenters. The minimum Gasteiger partial charge on any atom is -0.327 e. The van der Waals surface area contributed by atoms with E-state index in [-0.39, 0.29) is 0 Å². The van der Waals surface area contributed by atoms with Crippen molar-refractivity contribution < 1.29 is 18.0 Å². The highest BCUT2D eigenvalue weighted by Crippen LogP contribution is 2.28. The molecule has 88 valence electrons. The molecule has 0 aliphatic carbocycles. The van der Waals surface area contributed by atoms with Gasteiger partial charge in [-0.1, -0.05) is 0 Å². The van der Waals surface area contributed by atoms with Crippen LogP contribution in [0.5, 0.6) is 0 Å². The summed E-state index contributed by atoms with van der Waals surface area (Å²) in [6.07, 6.45) is -4.06. The number of nitrogens with two attached hydrogens (primary N) is 1. The molecule has 5 nitrogen and oxygen atoms in total. The number of aromatic amines is 1. The highest BCUT2D eigenvalue weighted by molar-refractivity contribution is 5.91. The van der Waals surface area contributed by atoms with Gasteiger partial charge < -0.3 is 16.0 Å². The lowest BCUT2D eigenvalue weighted by atomic mass is 10.2. The quantitative estimate of drug-likeness (QED) is 0.688. The largest absolute Gasteiger partial charge is 0.417 e. The molecule has 0 fully saturated rings. The number of pyridine rings is 1. The SMILES string of the molecule is NCC(=O)Nc1cc(C(F)(F)F)c[nH]c1=O. The normalized spacial score (nSPS) is 11.2. The molecule has 1 rings (SSSR count). The predicted octanol–water partition coefficient (Wildman–Crippen LogP) is 0.291. The number of amides is 1. The molecular formula is C8H8F3N3O2. The van der Waals surface area contributed by atoms with E-state index in [9.17, 15) is 22.8 Å². The molecule has 16 heavy (non-hydrogen) atoms. The summed E-state index contributed by atoms with van der Waals surface area (Å²) < 4.78 is 36.8. The van der Waals surface area contributed by atoms with Crippen molar-refractivity contribution in [3.8, 4) is 0 Å². The molecule has 0 spiro atoms. The number of nitrogens with one attached hydrogen (secondary N) is 2. The van der Waals surface area contributed by atoms with E-state index in [1.807, 2.05) is 10.3 Å². The zero-order valence-electron chi connectivity index (χ0n) is 7.89. The van der Waals surface area contributed by atoms with Crippen molar-refractivity contribution in [2.24, 2.45) is 5.73 Å². The molecule has 0 aromatic carbocycles. The summed E-state index contributed by atoms with van der Waals surface area (Å²) in [5.74, 6) is -0.746. The van der Waals surface area contributed by atoms with Crippen LogP contribution < -0.4 is 16.6 Å². The van der Waals surface area contributed by atoms with Crippen molar-refractivity contribution in [2.45, 2.75) is 6.18 Å². The first kappa shape index (κ1) is 12.2. The van der Waals surface area contributed by atoms with Gasteiger partial charge in [0.25, 0.3) is 5.56 Å². The van der Waals surface area contributed by atoms with Gasteiger partial charge in [0.1, 0.15) is 5.69 Å². The Morgan fingerprint density at radius 1 is 1.50 bits per heavy atom. The van der Waals surface area contributed by atoms with Crippen LogP contribution >= 0.6 is 0 Å². The minimum absolute atomic E-state index is 0.421. The van der Waals surface area contributed by atoms with E-state index in [2.05, 4.69) is 0 Å². The predicted molar refractivity (Wildman–Crippen MR) is 49.7 cm³/mol. The molecule has 1 aromatic heterocycles. The van der Waals surface area contributed by atoms with Crippen molar-refractivity contribution in [1.29, 1.82) is 0 Å². The maximum Gasteiger partial charge on any atom is 0.417 e. The van der Waals surface area contributed by atoms with Gasteiger partial charge in [-0.15, -0.1) is 0 Å². The maximum atomic E-state index is 12.3. The Bertz CT molecular complexity index is 453. The number of aromatic nitrogens is 1. The fraction of sp³-hybridized carbons (Fsp3) is 0.250. The molecule has 1 amide bonds. The van der Waals surface area contributed by atoms with Crippen LogP contribution in [0.2, 0.25) is 0 Å². The van der Waals surface area contributed by atoms with Crippen LogP contribution in [0.1, 0.15) is 5.56 Å². The molecule has 1 heterocycles. The maximum absolute atomic E-state index is 12.3. The molecule has 4 N–H and O–H groups in total. The Hall–Kier alpha value is -1.83. The number of alkyl halides is 3.